The van der Waals surface area contributed by atoms with Gasteiger partial charge in [0.25, 0.3) is 0 Å². The van der Waals surface area contributed by atoms with Gasteiger partial charge in [-0.2, -0.15) is 0 Å². The molecule has 0 bridgehead atoms. The van der Waals surface area contributed by atoms with Crippen LogP contribution < -0.4 is 5.32 Å². The van der Waals surface area contributed by atoms with E-state index in [1.807, 2.05) is 0 Å². The van der Waals surface area contributed by atoms with E-state index in [4.69, 9.17) is 12.2 Å². The van der Waals surface area contributed by atoms with Crippen molar-refractivity contribution >= 4 is 28.0 Å². The molecule has 2 nitrogen and oxygen atoms in total. The van der Waals surface area contributed by atoms with Crippen molar-refractivity contribution in [2.75, 3.05) is 13.1 Å². The molecule has 2 aliphatic rings. The number of fused-ring (bicyclic) bond motifs is 3. The first-order valence-electron chi connectivity index (χ1n) is 6.69. The van der Waals surface area contributed by atoms with E-state index in [9.17, 15) is 0 Å². The van der Waals surface area contributed by atoms with Crippen molar-refractivity contribution in [3.8, 4) is 0 Å². The molecule has 0 fully saturated rings. The first-order chi connectivity index (χ1) is 8.84. The second-order valence-electron chi connectivity index (χ2n) is 5.29. The quantitative estimate of drug-likeness (QED) is 0.728. The van der Waals surface area contributed by atoms with Gasteiger partial charge in [-0.15, -0.1) is 0 Å². The number of nitrogens with one attached hydrogen (secondary N) is 1. The van der Waals surface area contributed by atoms with Crippen LogP contribution in [0.4, 0.5) is 0 Å². The predicted octanol–water partition coefficient (Wildman–Crippen LogP) is 2.26. The number of nitrogens with zero attached hydrogens (tertiary/aromatic N) is 1. The smallest absolute Gasteiger partial charge is 0.0545 e. The monoisotopic (exact) mass is 256 g/mol. The summed E-state index contributed by atoms with van der Waals surface area (Å²) < 4.78 is 2.48. The number of thiocarbonyl (C=S) groups is 1. The van der Waals surface area contributed by atoms with Gasteiger partial charge in [0.05, 0.1) is 12.1 Å². The number of hydrogen-bond donors (Lipinski definition) is 1. The molecule has 92 valence electrons. The molecule has 0 spiro atoms. The van der Waals surface area contributed by atoms with Crippen molar-refractivity contribution in [2.45, 2.75) is 25.8 Å². The Kier molecular flexibility index (Phi) is 2.32. The lowest BCUT2D eigenvalue weighted by Gasteiger charge is -2.19. The molecule has 2 aliphatic heterocycles. The summed E-state index contributed by atoms with van der Waals surface area (Å²) in [6.07, 6.45) is 3.26. The van der Waals surface area contributed by atoms with E-state index in [1.54, 1.807) is 5.56 Å². The van der Waals surface area contributed by atoms with Crippen LogP contribution in [-0.4, -0.2) is 22.5 Å². The Balaban J connectivity index is 2.09. The second-order valence-corrected chi connectivity index (χ2v) is 5.87. The summed E-state index contributed by atoms with van der Waals surface area (Å²) in [5, 5.41) is 4.96. The summed E-state index contributed by atoms with van der Waals surface area (Å²) in [6, 6.07) is 6.71. The highest BCUT2D eigenvalue weighted by molar-refractivity contribution is 7.80. The fourth-order valence-electron chi connectivity index (χ4n) is 3.48. The number of rotatable bonds is 0. The molecule has 0 unspecified atom stereocenters. The summed E-state index contributed by atoms with van der Waals surface area (Å²) >= 11 is 5.50. The highest BCUT2D eigenvalue weighted by atomic mass is 32.1. The zero-order chi connectivity index (χ0) is 12.1. The fraction of sp³-hybridized carbons (Fsp3) is 0.400. The SMILES string of the molecule is S=C1Cc2cccc3c4c(n(c23)C1)CCNCC4. The maximum absolute atomic E-state index is 5.50. The molecule has 3 heteroatoms. The van der Waals surface area contributed by atoms with Crippen LogP contribution in [0.1, 0.15) is 16.8 Å². The van der Waals surface area contributed by atoms with Gasteiger partial charge in [0.15, 0.2) is 0 Å². The molecular weight excluding hydrogens is 240 g/mol. The molecule has 2 aromatic rings. The third-order valence-corrected chi connectivity index (χ3v) is 4.47. The van der Waals surface area contributed by atoms with Crippen LogP contribution in [0.3, 0.4) is 0 Å². The highest BCUT2D eigenvalue weighted by Gasteiger charge is 2.24. The number of aromatic nitrogens is 1. The highest BCUT2D eigenvalue weighted by Crippen LogP contribution is 2.33. The summed E-state index contributed by atoms with van der Waals surface area (Å²) in [6.45, 7) is 3.13. The Bertz CT molecular complexity index is 654. The molecule has 0 amide bonds. The maximum atomic E-state index is 5.50. The van der Waals surface area contributed by atoms with Crippen LogP contribution >= 0.6 is 12.2 Å². The van der Waals surface area contributed by atoms with E-state index in [0.29, 0.717) is 0 Å². The number of hydrogen-bond acceptors (Lipinski definition) is 2. The van der Waals surface area contributed by atoms with Crippen molar-refractivity contribution in [3.63, 3.8) is 0 Å². The van der Waals surface area contributed by atoms with Crippen LogP contribution in [0.5, 0.6) is 0 Å². The average molecular weight is 256 g/mol. The van der Waals surface area contributed by atoms with Gasteiger partial charge in [-0.05, 0) is 24.1 Å². The van der Waals surface area contributed by atoms with Crippen molar-refractivity contribution in [1.29, 1.82) is 0 Å². The minimum Gasteiger partial charge on any atom is -0.339 e. The summed E-state index contributed by atoms with van der Waals surface area (Å²) in [7, 11) is 0. The van der Waals surface area contributed by atoms with Gasteiger partial charge in [-0.25, -0.2) is 0 Å². The molecule has 18 heavy (non-hydrogen) atoms. The van der Waals surface area contributed by atoms with Crippen molar-refractivity contribution < 1.29 is 0 Å². The van der Waals surface area contributed by atoms with Crippen LogP contribution in [0.25, 0.3) is 10.9 Å². The molecule has 0 atom stereocenters. The maximum Gasteiger partial charge on any atom is 0.0545 e. The van der Waals surface area contributed by atoms with E-state index < -0.39 is 0 Å². The summed E-state index contributed by atoms with van der Waals surface area (Å²) in [5.41, 5.74) is 5.95. The van der Waals surface area contributed by atoms with Crippen molar-refractivity contribution in [1.82, 2.24) is 9.88 Å². The zero-order valence-corrected chi connectivity index (χ0v) is 11.1. The standard InChI is InChI=1S/C15H16N2S/c18-11-8-10-2-1-3-13-12-4-6-16-7-5-14(12)17(9-11)15(10)13/h1-3,16H,4-9H2. The third-order valence-electron chi connectivity index (χ3n) is 4.20. The minimum absolute atomic E-state index is 0.943. The van der Waals surface area contributed by atoms with Gasteiger partial charge in [-0.1, -0.05) is 30.4 Å². The Morgan fingerprint density at radius 3 is 3.00 bits per heavy atom. The summed E-state index contributed by atoms with van der Waals surface area (Å²) in [5.74, 6) is 0. The van der Waals surface area contributed by atoms with Crippen LogP contribution in [0, 0.1) is 0 Å². The molecule has 0 radical (unpaired) electrons. The molecule has 0 saturated heterocycles. The predicted molar refractivity (Wildman–Crippen MR) is 78.5 cm³/mol. The first kappa shape index (κ1) is 10.7. The first-order valence-corrected chi connectivity index (χ1v) is 7.09. The summed E-state index contributed by atoms with van der Waals surface area (Å²) in [4.78, 5) is 1.17. The lowest BCUT2D eigenvalue weighted by Crippen LogP contribution is -2.21. The number of para-hydroxylation sites is 1. The Hall–Kier alpha value is -1.19. The van der Waals surface area contributed by atoms with E-state index in [-0.39, 0.29) is 0 Å². The second kappa shape index (κ2) is 3.90. The Labute approximate surface area is 112 Å². The molecule has 1 aromatic carbocycles. The Morgan fingerprint density at radius 1 is 1.17 bits per heavy atom. The van der Waals surface area contributed by atoms with E-state index in [2.05, 4.69) is 28.1 Å². The molecule has 1 aromatic heterocycles. The van der Waals surface area contributed by atoms with Gasteiger partial charge in [0, 0.05) is 35.3 Å². The lowest BCUT2D eigenvalue weighted by atomic mass is 10.0. The number of benzene rings is 1. The Morgan fingerprint density at radius 2 is 2.06 bits per heavy atom. The van der Waals surface area contributed by atoms with E-state index in [1.165, 1.54) is 27.0 Å². The largest absolute Gasteiger partial charge is 0.339 e. The molecule has 3 heterocycles. The molecular formula is C15H16N2S. The van der Waals surface area contributed by atoms with Crippen molar-refractivity contribution in [2.24, 2.45) is 0 Å². The van der Waals surface area contributed by atoms with Gasteiger partial charge in [0.2, 0.25) is 0 Å². The van der Waals surface area contributed by atoms with Crippen LogP contribution in [0.2, 0.25) is 0 Å². The average Bonchev–Trinajstić information content (AvgIpc) is 2.55. The topological polar surface area (TPSA) is 17.0 Å². The van der Waals surface area contributed by atoms with Gasteiger partial charge < -0.3 is 9.88 Å². The van der Waals surface area contributed by atoms with Gasteiger partial charge in [-0.3, -0.25) is 0 Å². The third kappa shape index (κ3) is 1.41. The lowest BCUT2D eigenvalue weighted by molar-refractivity contribution is 0.694. The molecule has 0 aliphatic carbocycles. The van der Waals surface area contributed by atoms with E-state index in [0.717, 1.165) is 38.9 Å². The normalized spacial score (nSPS) is 18.8. The van der Waals surface area contributed by atoms with Gasteiger partial charge >= 0.3 is 0 Å². The fourth-order valence-corrected chi connectivity index (χ4v) is 3.76. The van der Waals surface area contributed by atoms with Crippen LogP contribution in [-0.2, 0) is 25.8 Å². The molecule has 4 rings (SSSR count). The minimum atomic E-state index is 0.943. The van der Waals surface area contributed by atoms with Crippen LogP contribution in [0.15, 0.2) is 18.2 Å². The van der Waals surface area contributed by atoms with E-state index >= 15 is 0 Å². The zero-order valence-electron chi connectivity index (χ0n) is 10.3. The molecule has 0 saturated carbocycles. The van der Waals surface area contributed by atoms with Gasteiger partial charge in [0.1, 0.15) is 0 Å². The molecule has 1 N–H and O–H groups in total. The van der Waals surface area contributed by atoms with Crippen molar-refractivity contribution in [3.05, 3.63) is 35.0 Å².